The topological polar surface area (TPSA) is 40.5 Å². The first-order chi connectivity index (χ1) is 5.90. The normalized spacial score (nSPS) is 33.5. The largest absolute Gasteiger partial charge is 0.480 e. The van der Waals surface area contributed by atoms with Crippen molar-refractivity contribution in [3.05, 3.63) is 0 Å². The molecular weight excluding hydrogens is 166 g/mol. The molecule has 1 aliphatic carbocycles. The van der Waals surface area contributed by atoms with E-state index in [-0.39, 0.29) is 0 Å². The van der Waals surface area contributed by atoms with Crippen LogP contribution in [0.2, 0.25) is 0 Å². The van der Waals surface area contributed by atoms with Gasteiger partial charge < -0.3 is 5.11 Å². The minimum absolute atomic E-state index is 0.574. The molecule has 0 saturated heterocycles. The van der Waals surface area contributed by atoms with E-state index in [2.05, 4.69) is 13.8 Å². The molecule has 0 aromatic carbocycles. The van der Waals surface area contributed by atoms with Gasteiger partial charge in [-0.3, -0.25) is 9.69 Å². The fraction of sp³-hybridized carbons (Fsp3) is 0.900. The Labute approximate surface area is 79.7 Å². The Kier molecular flexibility index (Phi) is 2.66. The zero-order valence-electron chi connectivity index (χ0n) is 8.87. The average Bonchev–Trinajstić information content (AvgIpc) is 1.80. The van der Waals surface area contributed by atoms with Crippen LogP contribution in [0.1, 0.15) is 26.7 Å². The lowest BCUT2D eigenvalue weighted by atomic mass is 9.63. The maximum atomic E-state index is 11.1. The number of nitrogens with zero attached hydrogens (tertiary/aromatic N) is 1. The van der Waals surface area contributed by atoms with Gasteiger partial charge in [0.05, 0.1) is 0 Å². The van der Waals surface area contributed by atoms with Crippen molar-refractivity contribution in [3.63, 3.8) is 0 Å². The summed E-state index contributed by atoms with van der Waals surface area (Å²) in [4.78, 5) is 12.9. The Morgan fingerprint density at radius 3 is 2.15 bits per heavy atom. The van der Waals surface area contributed by atoms with Crippen molar-refractivity contribution in [1.29, 1.82) is 0 Å². The van der Waals surface area contributed by atoms with Crippen LogP contribution in [0.15, 0.2) is 0 Å². The first-order valence-electron chi connectivity index (χ1n) is 4.81. The van der Waals surface area contributed by atoms with Gasteiger partial charge in [-0.05, 0) is 38.8 Å². The second-order valence-corrected chi connectivity index (χ2v) is 4.64. The summed E-state index contributed by atoms with van der Waals surface area (Å²) >= 11 is 0. The molecule has 0 amide bonds. The van der Waals surface area contributed by atoms with Crippen molar-refractivity contribution in [2.75, 3.05) is 14.1 Å². The number of hydrogen-bond donors (Lipinski definition) is 1. The molecule has 1 aliphatic rings. The maximum absolute atomic E-state index is 11.1. The highest BCUT2D eigenvalue weighted by atomic mass is 16.4. The van der Waals surface area contributed by atoms with Gasteiger partial charge in [0, 0.05) is 0 Å². The molecule has 13 heavy (non-hydrogen) atoms. The lowest BCUT2D eigenvalue weighted by molar-refractivity contribution is -0.161. The number of aliphatic carboxylic acids is 1. The minimum Gasteiger partial charge on any atom is -0.480 e. The van der Waals surface area contributed by atoms with Crippen molar-refractivity contribution in [2.45, 2.75) is 32.2 Å². The SMILES string of the molecule is CC(C)C1CC(C(=O)O)(N(C)C)C1. The van der Waals surface area contributed by atoms with E-state index in [1.165, 1.54) is 0 Å². The Morgan fingerprint density at radius 1 is 1.46 bits per heavy atom. The molecule has 0 unspecified atom stereocenters. The third-order valence-corrected chi connectivity index (χ3v) is 3.40. The third kappa shape index (κ3) is 1.57. The number of carboxylic acid groups (broad SMARTS) is 1. The summed E-state index contributed by atoms with van der Waals surface area (Å²) in [5.74, 6) is 0.514. The van der Waals surface area contributed by atoms with Gasteiger partial charge in [-0.1, -0.05) is 13.8 Å². The predicted molar refractivity (Wildman–Crippen MR) is 51.6 cm³/mol. The molecule has 1 saturated carbocycles. The van der Waals surface area contributed by atoms with Crippen LogP contribution in [0.25, 0.3) is 0 Å². The van der Waals surface area contributed by atoms with E-state index in [0.717, 1.165) is 12.8 Å². The van der Waals surface area contributed by atoms with Crippen molar-refractivity contribution in [2.24, 2.45) is 11.8 Å². The lowest BCUT2D eigenvalue weighted by Crippen LogP contribution is -2.60. The van der Waals surface area contributed by atoms with Crippen LogP contribution in [-0.2, 0) is 4.79 Å². The molecule has 0 heterocycles. The van der Waals surface area contributed by atoms with Gasteiger partial charge in [0.25, 0.3) is 0 Å². The first-order valence-corrected chi connectivity index (χ1v) is 4.81. The summed E-state index contributed by atoms with van der Waals surface area (Å²) in [6, 6.07) is 0. The van der Waals surface area contributed by atoms with E-state index in [0.29, 0.717) is 11.8 Å². The van der Waals surface area contributed by atoms with Gasteiger partial charge in [-0.2, -0.15) is 0 Å². The summed E-state index contributed by atoms with van der Waals surface area (Å²) < 4.78 is 0. The summed E-state index contributed by atoms with van der Waals surface area (Å²) in [7, 11) is 3.70. The quantitative estimate of drug-likeness (QED) is 0.723. The summed E-state index contributed by atoms with van der Waals surface area (Å²) in [6.07, 6.45) is 1.60. The van der Waals surface area contributed by atoms with Crippen LogP contribution < -0.4 is 0 Å². The van der Waals surface area contributed by atoms with E-state index in [4.69, 9.17) is 5.11 Å². The van der Waals surface area contributed by atoms with Gasteiger partial charge in [0.2, 0.25) is 0 Å². The van der Waals surface area contributed by atoms with E-state index < -0.39 is 11.5 Å². The number of hydrogen-bond acceptors (Lipinski definition) is 2. The van der Waals surface area contributed by atoms with Crippen molar-refractivity contribution in [1.82, 2.24) is 4.90 Å². The molecule has 0 atom stereocenters. The molecule has 0 radical (unpaired) electrons. The molecule has 0 bridgehead atoms. The molecule has 0 spiro atoms. The first kappa shape index (κ1) is 10.5. The van der Waals surface area contributed by atoms with Crippen molar-refractivity contribution in [3.8, 4) is 0 Å². The number of carbonyl (C=O) groups is 1. The van der Waals surface area contributed by atoms with Gasteiger partial charge in [0.1, 0.15) is 5.54 Å². The van der Waals surface area contributed by atoms with Crippen molar-refractivity contribution >= 4 is 5.97 Å². The minimum atomic E-state index is -0.672. The number of carboxylic acids is 1. The van der Waals surface area contributed by atoms with Gasteiger partial charge in [-0.15, -0.1) is 0 Å². The van der Waals surface area contributed by atoms with Crippen LogP contribution in [0.4, 0.5) is 0 Å². The average molecular weight is 185 g/mol. The van der Waals surface area contributed by atoms with Gasteiger partial charge >= 0.3 is 5.97 Å². The maximum Gasteiger partial charge on any atom is 0.324 e. The highest BCUT2D eigenvalue weighted by molar-refractivity contribution is 5.80. The molecule has 1 N–H and O–H groups in total. The van der Waals surface area contributed by atoms with Crippen LogP contribution in [0.5, 0.6) is 0 Å². The standard InChI is InChI=1S/C10H19NO2/c1-7(2)8-5-10(6-8,9(12)13)11(3)4/h7-8H,5-6H2,1-4H3,(H,12,13). The molecule has 1 fully saturated rings. The number of likely N-dealkylation sites (N-methyl/N-ethyl adjacent to an activating group) is 1. The highest BCUT2D eigenvalue weighted by Gasteiger charge is 2.52. The zero-order chi connectivity index (χ0) is 10.2. The summed E-state index contributed by atoms with van der Waals surface area (Å²) in [5, 5.41) is 9.11. The van der Waals surface area contributed by atoms with Gasteiger partial charge in [0.15, 0.2) is 0 Å². The van der Waals surface area contributed by atoms with E-state index >= 15 is 0 Å². The summed E-state index contributed by atoms with van der Waals surface area (Å²) in [6.45, 7) is 4.32. The fourth-order valence-corrected chi connectivity index (χ4v) is 2.01. The Bertz CT molecular complexity index is 205. The molecule has 3 heteroatoms. The Morgan fingerprint density at radius 2 is 1.92 bits per heavy atom. The molecule has 0 aromatic rings. The Balaban J connectivity index is 2.64. The predicted octanol–water partition coefficient (Wildman–Crippen LogP) is 1.44. The molecular formula is C10H19NO2. The molecule has 3 nitrogen and oxygen atoms in total. The second kappa shape index (κ2) is 3.29. The Hall–Kier alpha value is -0.570. The second-order valence-electron chi connectivity index (χ2n) is 4.64. The third-order valence-electron chi connectivity index (χ3n) is 3.40. The van der Waals surface area contributed by atoms with Crippen LogP contribution in [0.3, 0.4) is 0 Å². The van der Waals surface area contributed by atoms with Crippen LogP contribution in [0, 0.1) is 11.8 Å². The molecule has 0 aromatic heterocycles. The zero-order valence-corrected chi connectivity index (χ0v) is 8.87. The molecule has 1 rings (SSSR count). The number of rotatable bonds is 3. The summed E-state index contributed by atoms with van der Waals surface area (Å²) in [5.41, 5.74) is -0.574. The fourth-order valence-electron chi connectivity index (χ4n) is 2.01. The van der Waals surface area contributed by atoms with Crippen LogP contribution in [-0.4, -0.2) is 35.6 Å². The van der Waals surface area contributed by atoms with Crippen molar-refractivity contribution < 1.29 is 9.90 Å². The van der Waals surface area contributed by atoms with E-state index in [1.54, 1.807) is 0 Å². The highest BCUT2D eigenvalue weighted by Crippen LogP contribution is 2.45. The monoisotopic (exact) mass is 185 g/mol. The van der Waals surface area contributed by atoms with E-state index in [9.17, 15) is 4.79 Å². The molecule has 0 aliphatic heterocycles. The van der Waals surface area contributed by atoms with Crippen LogP contribution >= 0.6 is 0 Å². The van der Waals surface area contributed by atoms with E-state index in [1.807, 2.05) is 19.0 Å². The van der Waals surface area contributed by atoms with Gasteiger partial charge in [-0.25, -0.2) is 0 Å². The lowest BCUT2D eigenvalue weighted by Gasteiger charge is -2.50. The smallest absolute Gasteiger partial charge is 0.324 e. The molecule has 76 valence electrons.